The van der Waals surface area contributed by atoms with E-state index < -0.39 is 0 Å². The lowest BCUT2D eigenvalue weighted by atomic mass is 9.96. The van der Waals surface area contributed by atoms with Gasteiger partial charge >= 0.3 is 0 Å². The minimum Gasteiger partial charge on any atom is -0.0682 e. The first kappa shape index (κ1) is 14.6. The molecule has 0 amide bonds. The summed E-state index contributed by atoms with van der Waals surface area (Å²) in [6.07, 6.45) is 7.12. The first-order valence-corrected chi connectivity index (χ1v) is 8.56. The number of hydrogen-bond donors (Lipinski definition) is 0. The normalized spacial score (nSPS) is 13.2. The largest absolute Gasteiger partial charge is 0.0682 e. The smallest absolute Gasteiger partial charge is 0.0216 e. The van der Waals surface area contributed by atoms with Gasteiger partial charge in [-0.1, -0.05) is 71.3 Å². The number of allylic oxidation sites excluding steroid dienone is 1. The zero-order valence-corrected chi connectivity index (χ0v) is 14.3. The molecule has 3 rings (SSSR count). The molecule has 0 heterocycles. The van der Waals surface area contributed by atoms with Crippen molar-refractivity contribution < 1.29 is 0 Å². The Bertz CT molecular complexity index is 678. The first-order valence-electron chi connectivity index (χ1n) is 7.77. The van der Waals surface area contributed by atoms with E-state index >= 15 is 0 Å². The monoisotopic (exact) mass is 340 g/mol. The van der Waals surface area contributed by atoms with E-state index in [-0.39, 0.29) is 0 Å². The van der Waals surface area contributed by atoms with E-state index in [0.717, 1.165) is 6.42 Å². The molecule has 0 fully saturated rings. The molecule has 0 unspecified atom stereocenters. The fraction of sp³-hybridized carbons (Fsp3) is 0.300. The molecule has 0 nitrogen and oxygen atoms in total. The molecule has 0 spiro atoms. The summed E-state index contributed by atoms with van der Waals surface area (Å²) in [5.74, 6) is 0. The van der Waals surface area contributed by atoms with Crippen LogP contribution < -0.4 is 0 Å². The predicted molar refractivity (Wildman–Crippen MR) is 95.5 cm³/mol. The second-order valence-electron chi connectivity index (χ2n) is 5.96. The van der Waals surface area contributed by atoms with Crippen molar-refractivity contribution in [1.82, 2.24) is 0 Å². The molecule has 0 atom stereocenters. The molecule has 0 N–H and O–H groups in total. The minimum absolute atomic E-state index is 1.07. The van der Waals surface area contributed by atoms with Crippen LogP contribution >= 0.6 is 15.9 Å². The van der Waals surface area contributed by atoms with E-state index in [1.54, 1.807) is 0 Å². The maximum Gasteiger partial charge on any atom is 0.0216 e. The van der Waals surface area contributed by atoms with Gasteiger partial charge in [0.05, 0.1) is 0 Å². The van der Waals surface area contributed by atoms with Crippen LogP contribution in [0.4, 0.5) is 0 Å². The van der Waals surface area contributed by atoms with Crippen LogP contribution in [0, 0.1) is 0 Å². The van der Waals surface area contributed by atoms with Crippen LogP contribution in [0.2, 0.25) is 0 Å². The number of hydrogen-bond acceptors (Lipinski definition) is 0. The molecule has 108 valence electrons. The first-order chi connectivity index (χ1) is 10.2. The summed E-state index contributed by atoms with van der Waals surface area (Å²) in [4.78, 5) is 0. The Morgan fingerprint density at radius 3 is 2.52 bits per heavy atom. The third kappa shape index (κ3) is 2.98. The van der Waals surface area contributed by atoms with E-state index in [9.17, 15) is 0 Å². The van der Waals surface area contributed by atoms with Crippen molar-refractivity contribution in [2.45, 2.75) is 39.5 Å². The predicted octanol–water partition coefficient (Wildman–Crippen LogP) is 6.42. The summed E-state index contributed by atoms with van der Waals surface area (Å²) >= 11 is 3.69. The van der Waals surface area contributed by atoms with Crippen LogP contribution in [0.5, 0.6) is 0 Å². The molecule has 0 bridgehead atoms. The standard InChI is InChI=1S/C20H21Br/c1-3-4-5-15-6-8-16(9-7-15)17-10-11-20(21)19-13-14(2)12-18(17)19/h6-12H,3-5,13H2,1-2H3. The number of benzene rings is 2. The Labute approximate surface area is 136 Å². The third-order valence-corrected chi connectivity index (χ3v) is 4.97. The van der Waals surface area contributed by atoms with Crippen molar-refractivity contribution in [3.63, 3.8) is 0 Å². The van der Waals surface area contributed by atoms with Gasteiger partial charge in [0.25, 0.3) is 0 Å². The number of aryl methyl sites for hydroxylation is 1. The fourth-order valence-electron chi connectivity index (χ4n) is 3.04. The van der Waals surface area contributed by atoms with Gasteiger partial charge in [0.15, 0.2) is 0 Å². The summed E-state index contributed by atoms with van der Waals surface area (Å²) in [6, 6.07) is 13.5. The Balaban J connectivity index is 1.96. The lowest BCUT2D eigenvalue weighted by molar-refractivity contribution is 0.795. The van der Waals surface area contributed by atoms with E-state index in [1.165, 1.54) is 57.1 Å². The highest BCUT2D eigenvalue weighted by molar-refractivity contribution is 9.10. The summed E-state index contributed by atoms with van der Waals surface area (Å²) < 4.78 is 1.23. The molecule has 0 saturated heterocycles. The molecule has 1 aliphatic rings. The zero-order chi connectivity index (χ0) is 14.8. The van der Waals surface area contributed by atoms with E-state index in [0.29, 0.717) is 0 Å². The van der Waals surface area contributed by atoms with Gasteiger partial charge in [-0.15, -0.1) is 0 Å². The maximum atomic E-state index is 3.69. The lowest BCUT2D eigenvalue weighted by Gasteiger charge is -2.11. The minimum atomic E-state index is 1.07. The van der Waals surface area contributed by atoms with Gasteiger partial charge in [0, 0.05) is 4.47 Å². The summed E-state index contributed by atoms with van der Waals surface area (Å²) in [7, 11) is 0. The molecule has 21 heavy (non-hydrogen) atoms. The van der Waals surface area contributed by atoms with E-state index in [1.807, 2.05) is 0 Å². The molecular weight excluding hydrogens is 320 g/mol. The zero-order valence-electron chi connectivity index (χ0n) is 12.7. The topological polar surface area (TPSA) is 0 Å². The second kappa shape index (κ2) is 6.19. The number of rotatable bonds is 4. The highest BCUT2D eigenvalue weighted by atomic mass is 79.9. The van der Waals surface area contributed by atoms with Crippen molar-refractivity contribution in [3.8, 4) is 11.1 Å². The third-order valence-electron chi connectivity index (χ3n) is 4.23. The van der Waals surface area contributed by atoms with Gasteiger partial charge in [0.1, 0.15) is 0 Å². The molecule has 0 saturated carbocycles. The molecule has 1 aliphatic carbocycles. The van der Waals surface area contributed by atoms with Crippen LogP contribution in [-0.2, 0) is 12.8 Å². The van der Waals surface area contributed by atoms with Gasteiger partial charge in [-0.2, -0.15) is 0 Å². The van der Waals surface area contributed by atoms with Crippen LogP contribution in [0.25, 0.3) is 17.2 Å². The molecule has 2 aromatic rings. The second-order valence-corrected chi connectivity index (χ2v) is 6.81. The lowest BCUT2D eigenvalue weighted by Crippen LogP contribution is -1.90. The molecule has 0 aromatic heterocycles. The van der Waals surface area contributed by atoms with Crippen LogP contribution in [-0.4, -0.2) is 0 Å². The Hall–Kier alpha value is -1.34. The van der Waals surface area contributed by atoms with Crippen LogP contribution in [0.15, 0.2) is 46.4 Å². The van der Waals surface area contributed by atoms with E-state index in [2.05, 4.69) is 72.3 Å². The Morgan fingerprint density at radius 2 is 1.81 bits per heavy atom. The number of halogens is 1. The summed E-state index contributed by atoms with van der Waals surface area (Å²) in [6.45, 7) is 4.46. The molecule has 0 radical (unpaired) electrons. The molecule has 2 aromatic carbocycles. The fourth-order valence-corrected chi connectivity index (χ4v) is 3.53. The summed E-state index contributed by atoms with van der Waals surface area (Å²) in [5, 5.41) is 0. The van der Waals surface area contributed by atoms with Crippen molar-refractivity contribution in [3.05, 3.63) is 63.1 Å². The van der Waals surface area contributed by atoms with Gasteiger partial charge in [-0.25, -0.2) is 0 Å². The molecule has 0 aliphatic heterocycles. The molecule has 1 heteroatoms. The Morgan fingerprint density at radius 1 is 1.05 bits per heavy atom. The quantitative estimate of drug-likeness (QED) is 0.602. The molecular formula is C20H21Br. The van der Waals surface area contributed by atoms with Crippen molar-refractivity contribution >= 4 is 22.0 Å². The number of unbranched alkanes of at least 4 members (excludes halogenated alkanes) is 1. The van der Waals surface area contributed by atoms with Crippen LogP contribution in [0.1, 0.15) is 43.4 Å². The van der Waals surface area contributed by atoms with Gasteiger partial charge in [-0.05, 0) is 60.1 Å². The average Bonchev–Trinajstić information content (AvgIpc) is 2.89. The average molecular weight is 341 g/mol. The highest BCUT2D eigenvalue weighted by Gasteiger charge is 2.17. The van der Waals surface area contributed by atoms with E-state index in [4.69, 9.17) is 0 Å². The SMILES string of the molecule is CCCCc1ccc(-c2ccc(Br)c3c2C=C(C)C3)cc1. The Kier molecular flexibility index (Phi) is 4.30. The van der Waals surface area contributed by atoms with Crippen molar-refractivity contribution in [1.29, 1.82) is 0 Å². The van der Waals surface area contributed by atoms with Crippen molar-refractivity contribution in [2.24, 2.45) is 0 Å². The van der Waals surface area contributed by atoms with Crippen LogP contribution in [0.3, 0.4) is 0 Å². The number of fused-ring (bicyclic) bond motifs is 1. The highest BCUT2D eigenvalue weighted by Crippen LogP contribution is 2.38. The van der Waals surface area contributed by atoms with Crippen molar-refractivity contribution in [2.75, 3.05) is 0 Å². The summed E-state index contributed by atoms with van der Waals surface area (Å²) in [5.41, 5.74) is 8.39. The van der Waals surface area contributed by atoms with Gasteiger partial charge < -0.3 is 0 Å². The van der Waals surface area contributed by atoms with Gasteiger partial charge in [-0.3, -0.25) is 0 Å². The van der Waals surface area contributed by atoms with Gasteiger partial charge in [0.2, 0.25) is 0 Å². The maximum absolute atomic E-state index is 3.69.